The minimum atomic E-state index is -1.69. The van der Waals surface area contributed by atoms with Crippen LogP contribution >= 0.6 is 0 Å². The molecule has 4 unspecified atom stereocenters. The first kappa shape index (κ1) is 31.2. The van der Waals surface area contributed by atoms with Gasteiger partial charge in [0, 0.05) is 6.42 Å². The van der Waals surface area contributed by atoms with Crippen molar-refractivity contribution in [1.29, 1.82) is 0 Å². The molecule has 0 aliphatic rings. The predicted molar refractivity (Wildman–Crippen MR) is 119 cm³/mol. The quantitative estimate of drug-likeness (QED) is 0.0804. The molecule has 0 saturated carbocycles. The molecule has 0 aliphatic heterocycles. The third-order valence-corrected chi connectivity index (χ3v) is 4.64. The first-order chi connectivity index (χ1) is 16.3. The molecule has 0 saturated heterocycles. The van der Waals surface area contributed by atoms with Gasteiger partial charge in [-0.2, -0.15) is 0 Å². The highest BCUT2D eigenvalue weighted by molar-refractivity contribution is 5.95. The van der Waals surface area contributed by atoms with Crippen molar-refractivity contribution in [1.82, 2.24) is 16.0 Å². The summed E-state index contributed by atoms with van der Waals surface area (Å²) in [5.41, 5.74) is 21.0. The van der Waals surface area contributed by atoms with E-state index < -0.39 is 78.5 Å². The van der Waals surface area contributed by atoms with Gasteiger partial charge in [-0.15, -0.1) is 0 Å². The normalized spacial score (nSPS) is 14.0. The number of primary amides is 2. The Morgan fingerprint density at radius 3 is 1.66 bits per heavy atom. The molecule has 0 bridgehead atoms. The average molecular weight is 504 g/mol. The third kappa shape index (κ3) is 13.5. The lowest BCUT2D eigenvalue weighted by molar-refractivity contribution is -0.144. The van der Waals surface area contributed by atoms with Crippen LogP contribution < -0.4 is 38.9 Å². The van der Waals surface area contributed by atoms with Gasteiger partial charge in [0.15, 0.2) is 0 Å². The molecule has 0 heterocycles. The maximum Gasteiger partial charge on any atom is 0.326 e. The van der Waals surface area contributed by atoms with Gasteiger partial charge in [-0.25, -0.2) is 4.79 Å². The van der Waals surface area contributed by atoms with E-state index in [1.165, 1.54) is 0 Å². The Morgan fingerprint density at radius 1 is 0.686 bits per heavy atom. The molecule has 0 aromatic heterocycles. The van der Waals surface area contributed by atoms with E-state index in [0.29, 0.717) is 19.4 Å². The maximum absolute atomic E-state index is 12.9. The fraction of sp³-hybridized carbons (Fsp3) is 0.632. The molecule has 16 nitrogen and oxygen atoms in total. The van der Waals surface area contributed by atoms with Gasteiger partial charge >= 0.3 is 11.9 Å². The lowest BCUT2D eigenvalue weighted by atomic mass is 10.0. The second kappa shape index (κ2) is 15.9. The fourth-order valence-corrected chi connectivity index (χ4v) is 2.82. The predicted octanol–water partition coefficient (Wildman–Crippen LogP) is -4.40. The van der Waals surface area contributed by atoms with Gasteiger partial charge in [-0.05, 0) is 32.2 Å². The number of rotatable bonds is 18. The Bertz CT molecular complexity index is 806. The zero-order chi connectivity index (χ0) is 27.1. The number of carboxylic acids is 2. The van der Waals surface area contributed by atoms with Crippen LogP contribution in [0, 0.1) is 0 Å². The van der Waals surface area contributed by atoms with Crippen LogP contribution in [0.1, 0.15) is 44.9 Å². The van der Waals surface area contributed by atoms with Crippen LogP contribution in [0.15, 0.2) is 0 Å². The van der Waals surface area contributed by atoms with Crippen LogP contribution in [0.25, 0.3) is 0 Å². The van der Waals surface area contributed by atoms with Gasteiger partial charge in [0.05, 0.1) is 18.9 Å². The fourth-order valence-electron chi connectivity index (χ4n) is 2.82. The van der Waals surface area contributed by atoms with Crippen molar-refractivity contribution in [3.63, 3.8) is 0 Å². The number of hydrogen-bond donors (Lipinski definition) is 9. The number of amides is 5. The average Bonchev–Trinajstić information content (AvgIpc) is 2.74. The van der Waals surface area contributed by atoms with Crippen molar-refractivity contribution in [2.24, 2.45) is 22.9 Å². The van der Waals surface area contributed by atoms with Gasteiger partial charge in [0.1, 0.15) is 18.1 Å². The summed E-state index contributed by atoms with van der Waals surface area (Å²) in [5, 5.41) is 24.7. The number of hydrogen-bond acceptors (Lipinski definition) is 9. The molecule has 0 radical (unpaired) electrons. The maximum atomic E-state index is 12.9. The summed E-state index contributed by atoms with van der Waals surface area (Å²) in [7, 11) is 0. The second-order valence-corrected chi connectivity index (χ2v) is 7.69. The molecule has 35 heavy (non-hydrogen) atoms. The van der Waals surface area contributed by atoms with Crippen molar-refractivity contribution in [2.75, 3.05) is 6.54 Å². The van der Waals surface area contributed by atoms with Crippen LogP contribution in [-0.4, -0.2) is 82.4 Å². The van der Waals surface area contributed by atoms with Crippen molar-refractivity contribution in [3.8, 4) is 0 Å². The lowest BCUT2D eigenvalue weighted by Gasteiger charge is -2.25. The SMILES string of the molecule is NCCCCC(NC(=O)C(N)CC(=O)O)C(=O)NC(CCC(N)=O)C(=O)NC(CC(N)=O)C(=O)O. The van der Waals surface area contributed by atoms with Gasteiger partial charge in [-0.3, -0.25) is 28.8 Å². The van der Waals surface area contributed by atoms with Crippen LogP contribution in [0.4, 0.5) is 0 Å². The Kier molecular flexibility index (Phi) is 14.2. The lowest BCUT2D eigenvalue weighted by Crippen LogP contribution is -2.57. The number of carboxylic acid groups (broad SMARTS) is 2. The molecule has 0 aromatic carbocycles. The summed E-state index contributed by atoms with van der Waals surface area (Å²) in [6.45, 7) is 0.293. The van der Waals surface area contributed by atoms with Crippen molar-refractivity contribution in [2.45, 2.75) is 69.1 Å². The smallest absolute Gasteiger partial charge is 0.326 e. The molecular weight excluding hydrogens is 470 g/mol. The van der Waals surface area contributed by atoms with Crippen molar-refractivity contribution < 1.29 is 43.8 Å². The topological polar surface area (TPSA) is 300 Å². The Labute approximate surface area is 200 Å². The van der Waals surface area contributed by atoms with Crippen LogP contribution in [0.5, 0.6) is 0 Å². The number of aliphatic carboxylic acids is 2. The van der Waals surface area contributed by atoms with Gasteiger partial charge in [-0.1, -0.05) is 0 Å². The number of carbonyl (C=O) groups excluding carboxylic acids is 5. The van der Waals surface area contributed by atoms with Crippen LogP contribution in [0.2, 0.25) is 0 Å². The minimum Gasteiger partial charge on any atom is -0.481 e. The molecular formula is C19H33N7O9. The Morgan fingerprint density at radius 2 is 1.20 bits per heavy atom. The zero-order valence-electron chi connectivity index (χ0n) is 19.0. The largest absolute Gasteiger partial charge is 0.481 e. The highest BCUT2D eigenvalue weighted by Crippen LogP contribution is 2.06. The van der Waals surface area contributed by atoms with Gasteiger partial charge in [0.25, 0.3) is 0 Å². The molecule has 0 spiro atoms. The van der Waals surface area contributed by atoms with Crippen molar-refractivity contribution >= 4 is 41.5 Å². The number of nitrogens with one attached hydrogen (secondary N) is 3. The minimum absolute atomic E-state index is 0.0537. The highest BCUT2D eigenvalue weighted by atomic mass is 16.4. The second-order valence-electron chi connectivity index (χ2n) is 7.69. The van der Waals surface area contributed by atoms with Crippen LogP contribution in [0.3, 0.4) is 0 Å². The molecule has 0 rings (SSSR count). The van der Waals surface area contributed by atoms with E-state index >= 15 is 0 Å². The zero-order valence-corrected chi connectivity index (χ0v) is 19.0. The summed E-state index contributed by atoms with van der Waals surface area (Å²) >= 11 is 0. The van der Waals surface area contributed by atoms with Gasteiger partial charge < -0.3 is 49.1 Å². The Balaban J connectivity index is 5.61. The van der Waals surface area contributed by atoms with E-state index in [0.717, 1.165) is 0 Å². The summed E-state index contributed by atoms with van der Waals surface area (Å²) in [6, 6.07) is -5.86. The van der Waals surface area contributed by atoms with E-state index in [4.69, 9.17) is 28.0 Å². The molecule has 4 atom stereocenters. The van der Waals surface area contributed by atoms with E-state index in [2.05, 4.69) is 16.0 Å². The summed E-state index contributed by atoms with van der Waals surface area (Å²) in [5.74, 6) is -7.55. The molecule has 5 amide bonds. The molecule has 198 valence electrons. The van der Waals surface area contributed by atoms with Crippen LogP contribution in [-0.2, 0) is 33.6 Å². The first-order valence-corrected chi connectivity index (χ1v) is 10.7. The highest BCUT2D eigenvalue weighted by Gasteiger charge is 2.31. The summed E-state index contributed by atoms with van der Waals surface area (Å²) in [6.07, 6.45) is -1.18. The third-order valence-electron chi connectivity index (χ3n) is 4.64. The number of carbonyl (C=O) groups is 7. The summed E-state index contributed by atoms with van der Waals surface area (Å²) in [4.78, 5) is 82.1. The van der Waals surface area contributed by atoms with E-state index in [1.54, 1.807) is 0 Å². The molecule has 0 aliphatic carbocycles. The molecule has 0 aromatic rings. The number of nitrogens with two attached hydrogens (primary N) is 4. The molecule has 16 heteroatoms. The first-order valence-electron chi connectivity index (χ1n) is 10.7. The van der Waals surface area contributed by atoms with E-state index in [-0.39, 0.29) is 19.3 Å². The standard InChI is InChI=1S/C19H33N7O9/c20-6-2-1-3-10(24-16(31)9(21)7-15(29)30)17(32)25-11(4-5-13(22)27)18(33)26-12(19(34)35)8-14(23)28/h9-12H,1-8,20-21H2,(H2,22,27)(H2,23,28)(H,24,31)(H,25,32)(H,26,33)(H,29,30)(H,34,35). The Hall–Kier alpha value is -3.79. The number of unbranched alkanes of at least 4 members (excludes halogenated alkanes) is 1. The van der Waals surface area contributed by atoms with Gasteiger partial charge in [0.2, 0.25) is 29.5 Å². The van der Waals surface area contributed by atoms with E-state index in [9.17, 15) is 38.7 Å². The molecule has 0 fully saturated rings. The van der Waals surface area contributed by atoms with Crippen molar-refractivity contribution in [3.05, 3.63) is 0 Å². The van der Waals surface area contributed by atoms with E-state index in [1.807, 2.05) is 0 Å². The monoisotopic (exact) mass is 503 g/mol. The molecule has 13 N–H and O–H groups in total. The summed E-state index contributed by atoms with van der Waals surface area (Å²) < 4.78 is 0.